The van der Waals surface area contributed by atoms with Gasteiger partial charge >= 0.3 is 5.97 Å². The zero-order valence-electron chi connectivity index (χ0n) is 40.4. The predicted octanol–water partition coefficient (Wildman–Crippen LogP) is 15.3. The van der Waals surface area contributed by atoms with Gasteiger partial charge in [-0.05, 0) is 70.3 Å². The molecule has 6 nitrogen and oxygen atoms in total. The van der Waals surface area contributed by atoms with Crippen LogP contribution >= 0.6 is 0 Å². The molecule has 6 heteroatoms. The summed E-state index contributed by atoms with van der Waals surface area (Å²) >= 11 is 0. The number of nitrogens with one attached hydrogen (secondary N) is 1. The molecular formula is C57H93NO5. The number of hydrogen-bond acceptors (Lipinski definition) is 5. The smallest absolute Gasteiger partial charge is 0.306 e. The van der Waals surface area contributed by atoms with Gasteiger partial charge in [0.15, 0.2) is 0 Å². The number of allylic oxidation sites excluding steroid dienone is 19. The van der Waals surface area contributed by atoms with Gasteiger partial charge in [-0.1, -0.05) is 239 Å². The summed E-state index contributed by atoms with van der Waals surface area (Å²) in [5, 5.41) is 23.7. The largest absolute Gasteiger partial charge is 0.458 e. The Kier molecular flexibility index (Phi) is 46.4. The Morgan fingerprint density at radius 1 is 0.508 bits per heavy atom. The SMILES string of the molecule is CC/C=C/C=C/C=C\C=C/C=C/CCCCCC(=O)OC(/C=C/C/C=C/C/C=C/C/C=C/C/C=C/CC)CC(=O)NC(CO)C(O)CCCCCCCCCCCCCCCCC. The average Bonchev–Trinajstić information content (AvgIpc) is 3.28. The third-order valence-electron chi connectivity index (χ3n) is 10.7. The van der Waals surface area contributed by atoms with Crippen LogP contribution in [0.5, 0.6) is 0 Å². The average molecular weight is 872 g/mol. The summed E-state index contributed by atoms with van der Waals surface area (Å²) < 4.78 is 5.79. The molecule has 0 aromatic heterocycles. The van der Waals surface area contributed by atoms with Crippen molar-refractivity contribution in [1.29, 1.82) is 0 Å². The molecule has 0 aliphatic rings. The number of ether oxygens (including phenoxy) is 1. The molecule has 356 valence electrons. The maximum absolute atomic E-state index is 13.2. The van der Waals surface area contributed by atoms with Gasteiger partial charge in [-0.15, -0.1) is 0 Å². The Hall–Kier alpha value is -3.74. The van der Waals surface area contributed by atoms with E-state index >= 15 is 0 Å². The fourth-order valence-electron chi connectivity index (χ4n) is 6.88. The summed E-state index contributed by atoms with van der Waals surface area (Å²) in [6.45, 7) is 6.17. The fraction of sp³-hybridized carbons (Fsp3) is 0.614. The molecule has 0 bridgehead atoms. The molecule has 0 saturated heterocycles. The van der Waals surface area contributed by atoms with E-state index in [2.05, 4.69) is 86.8 Å². The minimum Gasteiger partial charge on any atom is -0.458 e. The van der Waals surface area contributed by atoms with Gasteiger partial charge in [0.25, 0.3) is 0 Å². The van der Waals surface area contributed by atoms with E-state index in [-0.39, 0.29) is 31.3 Å². The van der Waals surface area contributed by atoms with E-state index in [9.17, 15) is 19.8 Å². The van der Waals surface area contributed by atoms with Crippen molar-refractivity contribution in [2.75, 3.05) is 6.61 Å². The minimum atomic E-state index is -0.835. The van der Waals surface area contributed by atoms with Gasteiger partial charge in [-0.3, -0.25) is 9.59 Å². The first-order chi connectivity index (χ1) is 31.0. The molecule has 0 fully saturated rings. The monoisotopic (exact) mass is 872 g/mol. The number of hydrogen-bond donors (Lipinski definition) is 3. The second kappa shape index (κ2) is 49.3. The molecule has 0 radical (unpaired) electrons. The Morgan fingerprint density at radius 2 is 0.952 bits per heavy atom. The summed E-state index contributed by atoms with van der Waals surface area (Å²) in [6, 6.07) is -0.759. The number of carbonyl (C=O) groups is 2. The predicted molar refractivity (Wildman–Crippen MR) is 273 cm³/mol. The number of aliphatic hydroxyl groups is 2. The molecule has 0 heterocycles. The zero-order chi connectivity index (χ0) is 45.9. The first kappa shape index (κ1) is 59.3. The van der Waals surface area contributed by atoms with Crippen LogP contribution in [0.1, 0.15) is 201 Å². The summed E-state index contributed by atoms with van der Waals surface area (Å²) in [5.41, 5.74) is 0. The molecule has 0 aliphatic heterocycles. The highest BCUT2D eigenvalue weighted by Gasteiger charge is 2.23. The van der Waals surface area contributed by atoms with Crippen molar-refractivity contribution < 1.29 is 24.5 Å². The Labute approximate surface area is 387 Å². The molecular weight excluding hydrogens is 779 g/mol. The van der Waals surface area contributed by atoms with Crippen LogP contribution < -0.4 is 5.32 Å². The van der Waals surface area contributed by atoms with E-state index in [0.717, 1.165) is 70.6 Å². The number of unbranched alkanes of at least 4 members (excludes halogenated alkanes) is 17. The van der Waals surface area contributed by atoms with Crippen LogP contribution in [0.2, 0.25) is 0 Å². The van der Waals surface area contributed by atoms with Gasteiger partial charge in [0.05, 0.1) is 25.2 Å². The zero-order valence-corrected chi connectivity index (χ0v) is 40.4. The molecule has 3 unspecified atom stereocenters. The molecule has 0 spiro atoms. The third kappa shape index (κ3) is 44.7. The summed E-state index contributed by atoms with van der Waals surface area (Å²) in [5.74, 6) is -0.690. The molecule has 3 atom stereocenters. The summed E-state index contributed by atoms with van der Waals surface area (Å²) in [4.78, 5) is 26.1. The molecule has 63 heavy (non-hydrogen) atoms. The van der Waals surface area contributed by atoms with Gasteiger partial charge in [-0.25, -0.2) is 0 Å². The van der Waals surface area contributed by atoms with Crippen LogP contribution in [0.25, 0.3) is 0 Å². The lowest BCUT2D eigenvalue weighted by Crippen LogP contribution is -2.46. The van der Waals surface area contributed by atoms with Crippen LogP contribution in [-0.2, 0) is 14.3 Å². The van der Waals surface area contributed by atoms with E-state index in [4.69, 9.17) is 4.74 Å². The summed E-state index contributed by atoms with van der Waals surface area (Å²) in [7, 11) is 0. The fourth-order valence-corrected chi connectivity index (χ4v) is 6.88. The Balaban J connectivity index is 4.81. The molecule has 0 saturated carbocycles. The van der Waals surface area contributed by atoms with E-state index in [1.165, 1.54) is 77.0 Å². The first-order valence-corrected chi connectivity index (χ1v) is 25.3. The Morgan fingerprint density at radius 3 is 1.46 bits per heavy atom. The number of aliphatic hydroxyl groups excluding tert-OH is 2. The van der Waals surface area contributed by atoms with E-state index in [0.29, 0.717) is 19.3 Å². The van der Waals surface area contributed by atoms with Crippen molar-refractivity contribution in [3.05, 3.63) is 122 Å². The molecule has 0 rings (SSSR count). The molecule has 1 amide bonds. The van der Waals surface area contributed by atoms with Gasteiger partial charge in [0.1, 0.15) is 6.10 Å². The number of rotatable bonds is 43. The van der Waals surface area contributed by atoms with Crippen molar-refractivity contribution in [3.8, 4) is 0 Å². The lowest BCUT2D eigenvalue weighted by molar-refractivity contribution is -0.148. The van der Waals surface area contributed by atoms with E-state index in [1.54, 1.807) is 6.08 Å². The number of esters is 1. The molecule has 0 aliphatic carbocycles. The number of carbonyl (C=O) groups excluding carboxylic acids is 2. The van der Waals surface area contributed by atoms with Crippen molar-refractivity contribution in [3.63, 3.8) is 0 Å². The molecule has 3 N–H and O–H groups in total. The van der Waals surface area contributed by atoms with Crippen molar-refractivity contribution >= 4 is 11.9 Å². The van der Waals surface area contributed by atoms with Crippen molar-refractivity contribution in [2.24, 2.45) is 0 Å². The number of amides is 1. The Bertz CT molecular complexity index is 1350. The first-order valence-electron chi connectivity index (χ1n) is 25.3. The maximum atomic E-state index is 13.2. The van der Waals surface area contributed by atoms with Gasteiger partial charge in [0.2, 0.25) is 5.91 Å². The maximum Gasteiger partial charge on any atom is 0.306 e. The topological polar surface area (TPSA) is 95.9 Å². The van der Waals surface area contributed by atoms with Gasteiger partial charge < -0.3 is 20.3 Å². The lowest BCUT2D eigenvalue weighted by Gasteiger charge is -2.23. The molecule has 0 aromatic rings. The van der Waals surface area contributed by atoms with Crippen molar-refractivity contribution in [2.45, 2.75) is 219 Å². The standard InChI is InChI=1S/C57H93NO5/c1-4-7-10-13-16-19-22-25-28-31-34-37-40-43-46-49-55(60)54(52-59)58-56(61)51-53(48-45-42-39-36-33-30-27-24-21-18-15-12-9-6-3)63-57(62)50-47-44-41-38-35-32-29-26-23-20-17-14-11-8-5-2/h8-9,11-12,14,17-18,20-21,23,26-27,29-30,32,35-36,39,45,48,53-55,59-60H,4-7,10,13,15-16,19,22,24-25,28,31,33-34,37-38,40-44,46-47,49-52H2,1-3H3,(H,58,61)/b11-8+,12-9+,17-14+,21-18+,23-20-,29-26-,30-27+,35-32+,39-36+,48-45+. The van der Waals surface area contributed by atoms with Crippen LogP contribution in [0, 0.1) is 0 Å². The third-order valence-corrected chi connectivity index (χ3v) is 10.7. The highest BCUT2D eigenvalue weighted by molar-refractivity contribution is 5.78. The molecule has 0 aromatic carbocycles. The normalized spacial score (nSPS) is 14.3. The van der Waals surface area contributed by atoms with Crippen molar-refractivity contribution in [1.82, 2.24) is 5.32 Å². The second-order valence-electron chi connectivity index (χ2n) is 16.6. The van der Waals surface area contributed by atoms with Gasteiger partial charge in [0, 0.05) is 6.42 Å². The van der Waals surface area contributed by atoms with Crippen LogP contribution in [0.4, 0.5) is 0 Å². The lowest BCUT2D eigenvalue weighted by atomic mass is 10.0. The van der Waals surface area contributed by atoms with Crippen LogP contribution in [0.15, 0.2) is 122 Å². The second-order valence-corrected chi connectivity index (χ2v) is 16.6. The van der Waals surface area contributed by atoms with Gasteiger partial charge in [-0.2, -0.15) is 0 Å². The van der Waals surface area contributed by atoms with Crippen LogP contribution in [0.3, 0.4) is 0 Å². The van der Waals surface area contributed by atoms with Crippen LogP contribution in [-0.4, -0.2) is 46.9 Å². The highest BCUT2D eigenvalue weighted by atomic mass is 16.5. The van der Waals surface area contributed by atoms with E-state index < -0.39 is 18.2 Å². The van der Waals surface area contributed by atoms with E-state index in [1.807, 2.05) is 54.7 Å². The summed E-state index contributed by atoms with van der Waals surface area (Å²) in [6.07, 6.45) is 68.6. The highest BCUT2D eigenvalue weighted by Crippen LogP contribution is 2.15. The quantitative estimate of drug-likeness (QED) is 0.0245. The minimum absolute atomic E-state index is 0.0711.